The lowest BCUT2D eigenvalue weighted by atomic mass is 10.2. The highest BCUT2D eigenvalue weighted by Gasteiger charge is 2.09. The molecule has 0 unspecified atom stereocenters. The summed E-state index contributed by atoms with van der Waals surface area (Å²) in [4.78, 5) is 19.3. The van der Waals surface area contributed by atoms with E-state index in [9.17, 15) is 4.79 Å². The van der Waals surface area contributed by atoms with E-state index < -0.39 is 5.76 Å². The van der Waals surface area contributed by atoms with Crippen molar-refractivity contribution in [3.8, 4) is 0 Å². The Balaban J connectivity index is 2.59. The van der Waals surface area contributed by atoms with Crippen LogP contribution in [0.1, 0.15) is 0 Å². The third-order valence-corrected chi connectivity index (χ3v) is 2.80. The van der Waals surface area contributed by atoms with Gasteiger partial charge in [-0.05, 0) is 6.07 Å². The number of hydrogen-bond donors (Lipinski definition) is 0. The Morgan fingerprint density at radius 1 is 1.38 bits per heavy atom. The van der Waals surface area contributed by atoms with E-state index in [1.165, 1.54) is 10.9 Å². The number of fused-ring (bicyclic) bond motifs is 2. The van der Waals surface area contributed by atoms with Gasteiger partial charge in [-0.15, -0.1) is 0 Å². The summed E-state index contributed by atoms with van der Waals surface area (Å²) in [5, 5.41) is 1.06. The molecule has 0 saturated heterocycles. The van der Waals surface area contributed by atoms with E-state index in [4.69, 9.17) is 16.0 Å². The van der Waals surface area contributed by atoms with Gasteiger partial charge in [0, 0.05) is 18.5 Å². The summed E-state index contributed by atoms with van der Waals surface area (Å²) in [6, 6.07) is 3.43. The zero-order valence-electron chi connectivity index (χ0n) is 8.27. The second-order valence-corrected chi connectivity index (χ2v) is 3.79. The van der Waals surface area contributed by atoms with Gasteiger partial charge in [0.1, 0.15) is 11.5 Å². The smallest absolute Gasteiger partial charge is 0.408 e. The Kier molecular flexibility index (Phi) is 1.79. The van der Waals surface area contributed by atoms with Crippen molar-refractivity contribution in [3.63, 3.8) is 0 Å². The maximum Gasteiger partial charge on any atom is 0.419 e. The molecule has 0 bridgehead atoms. The molecule has 0 atom stereocenters. The van der Waals surface area contributed by atoms with Crippen molar-refractivity contribution in [2.75, 3.05) is 0 Å². The molecule has 0 aliphatic carbocycles. The molecule has 3 rings (SSSR count). The number of aromatic nitrogens is 3. The highest BCUT2D eigenvalue weighted by Crippen LogP contribution is 2.24. The van der Waals surface area contributed by atoms with Crippen LogP contribution in [0.5, 0.6) is 0 Å². The van der Waals surface area contributed by atoms with Crippen molar-refractivity contribution in [2.24, 2.45) is 7.05 Å². The number of benzene rings is 1. The molecule has 3 aromatic rings. The average molecular weight is 236 g/mol. The lowest BCUT2D eigenvalue weighted by Crippen LogP contribution is -2.08. The van der Waals surface area contributed by atoms with Crippen molar-refractivity contribution in [1.29, 1.82) is 0 Å². The van der Waals surface area contributed by atoms with E-state index >= 15 is 0 Å². The molecule has 0 spiro atoms. The Hall–Kier alpha value is -1.88. The normalized spacial score (nSPS) is 11.4. The second-order valence-electron chi connectivity index (χ2n) is 3.43. The van der Waals surface area contributed by atoms with Gasteiger partial charge in [0.05, 0.1) is 11.0 Å². The fourth-order valence-electron chi connectivity index (χ4n) is 1.65. The maximum atomic E-state index is 11.3. The standard InChI is InChI=1S/C10H6ClN3O2/c1-14-7-2-5-6(12-4-13-9(5)11)3-8(7)16-10(14)15/h2-4H,1H3. The molecule has 0 aliphatic heterocycles. The maximum absolute atomic E-state index is 11.3. The SMILES string of the molecule is Cn1c(=O)oc2cc3ncnc(Cl)c3cc21. The molecule has 2 aromatic heterocycles. The fraction of sp³-hybridized carbons (Fsp3) is 0.100. The second kappa shape index (κ2) is 3.05. The molecule has 16 heavy (non-hydrogen) atoms. The number of nitrogens with zero attached hydrogens (tertiary/aromatic N) is 3. The third-order valence-electron chi connectivity index (χ3n) is 2.50. The Labute approximate surface area is 94.3 Å². The van der Waals surface area contributed by atoms with Crippen LogP contribution in [0.15, 0.2) is 27.7 Å². The molecular weight excluding hydrogens is 230 g/mol. The first kappa shape index (κ1) is 9.35. The first-order chi connectivity index (χ1) is 7.66. The molecule has 0 radical (unpaired) electrons. The Morgan fingerprint density at radius 3 is 3.00 bits per heavy atom. The van der Waals surface area contributed by atoms with Crippen LogP contribution in [0.2, 0.25) is 5.15 Å². The summed E-state index contributed by atoms with van der Waals surface area (Å²) in [5.41, 5.74) is 1.82. The molecule has 5 nitrogen and oxygen atoms in total. The van der Waals surface area contributed by atoms with Crippen LogP contribution in [-0.2, 0) is 7.05 Å². The molecule has 0 N–H and O–H groups in total. The number of aryl methyl sites for hydroxylation is 1. The zero-order valence-corrected chi connectivity index (χ0v) is 9.02. The largest absolute Gasteiger partial charge is 0.419 e. The summed E-state index contributed by atoms with van der Waals surface area (Å²) in [6.07, 6.45) is 1.37. The quantitative estimate of drug-likeness (QED) is 0.557. The molecule has 1 aromatic carbocycles. The monoisotopic (exact) mass is 235 g/mol. The highest BCUT2D eigenvalue weighted by atomic mass is 35.5. The van der Waals surface area contributed by atoms with Crippen molar-refractivity contribution >= 4 is 33.6 Å². The van der Waals surface area contributed by atoms with Gasteiger partial charge in [-0.2, -0.15) is 0 Å². The van der Waals surface area contributed by atoms with Crippen LogP contribution in [0.25, 0.3) is 22.0 Å². The number of oxazole rings is 1. The van der Waals surface area contributed by atoms with Crippen molar-refractivity contribution < 1.29 is 4.42 Å². The van der Waals surface area contributed by atoms with Gasteiger partial charge in [0.15, 0.2) is 5.58 Å². The van der Waals surface area contributed by atoms with Crippen molar-refractivity contribution in [3.05, 3.63) is 34.2 Å². The van der Waals surface area contributed by atoms with E-state index in [1.807, 2.05) is 0 Å². The molecule has 0 saturated carbocycles. The Morgan fingerprint density at radius 2 is 2.19 bits per heavy atom. The first-order valence-corrected chi connectivity index (χ1v) is 4.94. The summed E-state index contributed by atoms with van der Waals surface area (Å²) < 4.78 is 6.47. The van der Waals surface area contributed by atoms with E-state index in [2.05, 4.69) is 9.97 Å². The lowest BCUT2D eigenvalue weighted by Gasteiger charge is -1.98. The fourth-order valence-corrected chi connectivity index (χ4v) is 1.84. The van der Waals surface area contributed by atoms with Gasteiger partial charge >= 0.3 is 5.76 Å². The number of rotatable bonds is 0. The summed E-state index contributed by atoms with van der Waals surface area (Å²) in [7, 11) is 1.64. The van der Waals surface area contributed by atoms with Crippen LogP contribution in [0, 0.1) is 0 Å². The van der Waals surface area contributed by atoms with Gasteiger partial charge in [-0.25, -0.2) is 14.8 Å². The van der Waals surface area contributed by atoms with Gasteiger partial charge in [0.2, 0.25) is 0 Å². The minimum atomic E-state index is -0.408. The predicted molar refractivity (Wildman–Crippen MR) is 59.6 cm³/mol. The van der Waals surface area contributed by atoms with Crippen LogP contribution in [0.4, 0.5) is 0 Å². The van der Waals surface area contributed by atoms with Crippen molar-refractivity contribution in [2.45, 2.75) is 0 Å². The summed E-state index contributed by atoms with van der Waals surface area (Å²) in [6.45, 7) is 0. The van der Waals surface area contributed by atoms with Crippen LogP contribution in [0.3, 0.4) is 0 Å². The van der Waals surface area contributed by atoms with Crippen LogP contribution < -0.4 is 5.76 Å². The lowest BCUT2D eigenvalue weighted by molar-refractivity contribution is 0.528. The number of hydrogen-bond acceptors (Lipinski definition) is 4. The van der Waals surface area contributed by atoms with Gasteiger partial charge in [-0.3, -0.25) is 4.57 Å². The number of halogens is 1. The topological polar surface area (TPSA) is 60.9 Å². The average Bonchev–Trinajstić information content (AvgIpc) is 2.53. The minimum Gasteiger partial charge on any atom is -0.408 e. The first-order valence-electron chi connectivity index (χ1n) is 4.56. The van der Waals surface area contributed by atoms with E-state index in [0.717, 1.165) is 0 Å². The van der Waals surface area contributed by atoms with Gasteiger partial charge in [0.25, 0.3) is 0 Å². The predicted octanol–water partition coefficient (Wildman–Crippen LogP) is 1.73. The summed E-state index contributed by atoms with van der Waals surface area (Å²) >= 11 is 5.95. The molecule has 80 valence electrons. The Bertz CT molecular complexity index is 760. The highest BCUT2D eigenvalue weighted by molar-refractivity contribution is 6.34. The molecule has 6 heteroatoms. The molecular formula is C10H6ClN3O2. The van der Waals surface area contributed by atoms with Crippen molar-refractivity contribution in [1.82, 2.24) is 14.5 Å². The van der Waals surface area contributed by atoms with Crippen LogP contribution >= 0.6 is 11.6 Å². The molecule has 2 heterocycles. The third kappa shape index (κ3) is 1.15. The van der Waals surface area contributed by atoms with E-state index in [1.54, 1.807) is 19.2 Å². The molecule has 0 fully saturated rings. The zero-order chi connectivity index (χ0) is 11.3. The van der Waals surface area contributed by atoms with Crippen LogP contribution in [-0.4, -0.2) is 14.5 Å². The van der Waals surface area contributed by atoms with E-state index in [0.29, 0.717) is 27.2 Å². The molecule has 0 amide bonds. The van der Waals surface area contributed by atoms with E-state index in [-0.39, 0.29) is 0 Å². The van der Waals surface area contributed by atoms with Gasteiger partial charge in [-0.1, -0.05) is 11.6 Å². The van der Waals surface area contributed by atoms with Gasteiger partial charge < -0.3 is 4.42 Å². The molecule has 0 aliphatic rings. The minimum absolute atomic E-state index is 0.362. The summed E-state index contributed by atoms with van der Waals surface area (Å²) in [5.74, 6) is -0.408.